The number of carbonyl (C=O) groups excluding carboxylic acids is 1. The summed E-state index contributed by atoms with van der Waals surface area (Å²) in [5, 5.41) is 6.34. The van der Waals surface area contributed by atoms with Crippen LogP contribution >= 0.6 is 34.8 Å². The van der Waals surface area contributed by atoms with Crippen LogP contribution in [0.1, 0.15) is 55.1 Å². The zero-order valence-electron chi connectivity index (χ0n) is 16.5. The van der Waals surface area contributed by atoms with Crippen molar-refractivity contribution in [2.75, 3.05) is 0 Å². The molecule has 0 unspecified atom stereocenters. The van der Waals surface area contributed by atoms with Crippen molar-refractivity contribution in [2.24, 2.45) is 0 Å². The molecule has 0 saturated heterocycles. The van der Waals surface area contributed by atoms with Crippen molar-refractivity contribution in [1.29, 1.82) is 0 Å². The molecule has 0 N–H and O–H groups in total. The molecule has 152 valence electrons. The van der Waals surface area contributed by atoms with Gasteiger partial charge in [0.25, 0.3) is 0 Å². The van der Waals surface area contributed by atoms with Gasteiger partial charge >= 0.3 is 0 Å². The number of benzene rings is 2. The Morgan fingerprint density at radius 2 is 1.66 bits per heavy atom. The van der Waals surface area contributed by atoms with E-state index in [4.69, 9.17) is 34.8 Å². The van der Waals surface area contributed by atoms with E-state index < -0.39 is 0 Å². The second-order valence-corrected chi connectivity index (χ2v) is 8.35. The molecule has 0 aliphatic rings. The quantitative estimate of drug-likeness (QED) is 0.258. The Balaban J connectivity index is 2.08. The summed E-state index contributed by atoms with van der Waals surface area (Å²) in [4.78, 5) is 12.9. The van der Waals surface area contributed by atoms with Crippen molar-refractivity contribution < 1.29 is 4.79 Å². The van der Waals surface area contributed by atoms with Crippen LogP contribution < -0.4 is 0 Å². The fourth-order valence-corrected chi connectivity index (χ4v) is 3.98. The molecule has 0 saturated carbocycles. The average molecular weight is 450 g/mol. The molecule has 2 aromatic carbocycles. The molecule has 0 bridgehead atoms. The van der Waals surface area contributed by atoms with E-state index in [2.05, 4.69) is 12.0 Å². The van der Waals surface area contributed by atoms with Gasteiger partial charge in [-0.1, -0.05) is 73.1 Å². The lowest BCUT2D eigenvalue weighted by atomic mass is 10.0. The molecule has 0 amide bonds. The Morgan fingerprint density at radius 3 is 2.31 bits per heavy atom. The maximum absolute atomic E-state index is 12.9. The van der Waals surface area contributed by atoms with Crippen LogP contribution in [-0.2, 0) is 0 Å². The first-order chi connectivity index (χ1) is 13.9. The lowest BCUT2D eigenvalue weighted by molar-refractivity contribution is 0.0973. The van der Waals surface area contributed by atoms with Crippen LogP contribution in [0.5, 0.6) is 0 Å². The summed E-state index contributed by atoms with van der Waals surface area (Å²) < 4.78 is 1.73. The van der Waals surface area contributed by atoms with Gasteiger partial charge in [-0.2, -0.15) is 5.10 Å². The summed E-state index contributed by atoms with van der Waals surface area (Å²) in [6.45, 7) is 4.08. The molecule has 1 heterocycles. The number of hydrogen-bond donors (Lipinski definition) is 0. The van der Waals surface area contributed by atoms with E-state index in [1.54, 1.807) is 16.8 Å². The first-order valence-corrected chi connectivity index (χ1v) is 10.9. The second kappa shape index (κ2) is 9.80. The highest BCUT2D eigenvalue weighted by Crippen LogP contribution is 2.33. The maximum atomic E-state index is 12.9. The summed E-state index contributed by atoms with van der Waals surface area (Å²) in [5.41, 5.74) is 3.73. The first-order valence-electron chi connectivity index (χ1n) is 9.76. The number of halogens is 3. The van der Waals surface area contributed by atoms with Crippen LogP contribution in [0.15, 0.2) is 42.5 Å². The van der Waals surface area contributed by atoms with Gasteiger partial charge in [0.1, 0.15) is 5.69 Å². The zero-order chi connectivity index (χ0) is 21.0. The van der Waals surface area contributed by atoms with Crippen molar-refractivity contribution in [3.63, 3.8) is 0 Å². The average Bonchev–Trinajstić information content (AvgIpc) is 3.03. The number of nitrogens with zero attached hydrogens (tertiary/aromatic N) is 2. The standard InChI is InChI=1S/C23H23Cl3N2O/c1-3-4-5-6-7-21(29)22-15(2)23(16-8-10-17(24)11-9-16)28(27-22)20-13-12-18(25)14-19(20)26/h8-14H,3-7H2,1-2H3. The van der Waals surface area contributed by atoms with Crippen LogP contribution in [-0.4, -0.2) is 15.6 Å². The summed E-state index contributed by atoms with van der Waals surface area (Å²) in [6, 6.07) is 12.7. The van der Waals surface area contributed by atoms with Crippen molar-refractivity contribution in [1.82, 2.24) is 9.78 Å². The maximum Gasteiger partial charge on any atom is 0.183 e. The Bertz CT molecular complexity index is 1010. The third-order valence-electron chi connectivity index (χ3n) is 4.90. The molecule has 0 atom stereocenters. The fourth-order valence-electron chi connectivity index (χ4n) is 3.37. The molecule has 0 aliphatic carbocycles. The fraction of sp³-hybridized carbons (Fsp3) is 0.304. The van der Waals surface area contributed by atoms with Crippen LogP contribution in [0, 0.1) is 6.92 Å². The Morgan fingerprint density at radius 1 is 0.966 bits per heavy atom. The largest absolute Gasteiger partial charge is 0.292 e. The van der Waals surface area contributed by atoms with Gasteiger partial charge in [-0.25, -0.2) is 4.68 Å². The van der Waals surface area contributed by atoms with Crippen LogP contribution in [0.25, 0.3) is 16.9 Å². The smallest absolute Gasteiger partial charge is 0.183 e. The van der Waals surface area contributed by atoms with Crippen LogP contribution in [0.4, 0.5) is 0 Å². The first kappa shape index (κ1) is 21.9. The molecule has 0 spiro atoms. The van der Waals surface area contributed by atoms with E-state index in [0.717, 1.165) is 42.5 Å². The van der Waals surface area contributed by atoms with Gasteiger partial charge in [-0.3, -0.25) is 4.79 Å². The molecule has 3 rings (SSSR count). The normalized spacial score (nSPS) is 11.1. The molecular formula is C23H23Cl3N2O. The van der Waals surface area contributed by atoms with Gasteiger partial charge in [0, 0.05) is 27.6 Å². The number of carbonyl (C=O) groups is 1. The van der Waals surface area contributed by atoms with E-state index in [0.29, 0.717) is 32.9 Å². The topological polar surface area (TPSA) is 34.9 Å². The van der Waals surface area contributed by atoms with E-state index >= 15 is 0 Å². The summed E-state index contributed by atoms with van der Waals surface area (Å²) in [7, 11) is 0. The van der Waals surface area contributed by atoms with Gasteiger partial charge in [0.05, 0.1) is 16.4 Å². The van der Waals surface area contributed by atoms with Crippen molar-refractivity contribution in [3.05, 3.63) is 68.8 Å². The SMILES string of the molecule is CCCCCCC(=O)c1nn(-c2ccc(Cl)cc2Cl)c(-c2ccc(Cl)cc2)c1C. The van der Waals surface area contributed by atoms with Crippen molar-refractivity contribution in [2.45, 2.75) is 46.0 Å². The molecule has 0 fully saturated rings. The van der Waals surface area contributed by atoms with E-state index in [1.165, 1.54) is 0 Å². The number of unbranched alkanes of at least 4 members (excludes halogenated alkanes) is 3. The molecule has 6 heteroatoms. The number of hydrogen-bond acceptors (Lipinski definition) is 2. The Kier molecular flexibility index (Phi) is 7.39. The van der Waals surface area contributed by atoms with Crippen molar-refractivity contribution in [3.8, 4) is 16.9 Å². The van der Waals surface area contributed by atoms with Crippen molar-refractivity contribution >= 4 is 40.6 Å². The Labute approximate surface area is 186 Å². The van der Waals surface area contributed by atoms with E-state index in [-0.39, 0.29) is 5.78 Å². The summed E-state index contributed by atoms with van der Waals surface area (Å²) >= 11 is 18.6. The predicted molar refractivity (Wildman–Crippen MR) is 122 cm³/mol. The molecule has 29 heavy (non-hydrogen) atoms. The number of ketones is 1. The lowest BCUT2D eigenvalue weighted by Crippen LogP contribution is -2.04. The minimum Gasteiger partial charge on any atom is -0.292 e. The molecule has 3 nitrogen and oxygen atoms in total. The minimum absolute atomic E-state index is 0.0534. The third-order valence-corrected chi connectivity index (χ3v) is 5.69. The van der Waals surface area contributed by atoms with Crippen LogP contribution in [0.2, 0.25) is 15.1 Å². The monoisotopic (exact) mass is 448 g/mol. The Hall–Kier alpha value is -1.81. The molecule has 3 aromatic rings. The van der Waals surface area contributed by atoms with Gasteiger partial charge in [0.2, 0.25) is 0 Å². The molecule has 0 aliphatic heterocycles. The number of Topliss-reactive ketones (excluding diaryl/α,β-unsaturated/α-hetero) is 1. The summed E-state index contributed by atoms with van der Waals surface area (Å²) in [5.74, 6) is 0.0534. The van der Waals surface area contributed by atoms with E-state index in [9.17, 15) is 4.79 Å². The van der Waals surface area contributed by atoms with E-state index in [1.807, 2.05) is 37.3 Å². The van der Waals surface area contributed by atoms with Gasteiger partial charge in [-0.05, 0) is 43.7 Å². The molecule has 0 radical (unpaired) electrons. The number of rotatable bonds is 8. The third kappa shape index (κ3) is 5.03. The predicted octanol–water partition coefficient (Wildman–Crippen LogP) is 7.96. The van der Waals surface area contributed by atoms with Crippen LogP contribution in [0.3, 0.4) is 0 Å². The molecular weight excluding hydrogens is 427 g/mol. The van der Waals surface area contributed by atoms with Gasteiger partial charge in [0.15, 0.2) is 5.78 Å². The highest BCUT2D eigenvalue weighted by molar-refractivity contribution is 6.35. The zero-order valence-corrected chi connectivity index (χ0v) is 18.8. The minimum atomic E-state index is 0.0534. The van der Waals surface area contributed by atoms with Gasteiger partial charge in [-0.15, -0.1) is 0 Å². The second-order valence-electron chi connectivity index (χ2n) is 7.07. The highest BCUT2D eigenvalue weighted by Gasteiger charge is 2.22. The molecule has 1 aromatic heterocycles. The summed E-state index contributed by atoms with van der Waals surface area (Å²) in [6.07, 6.45) is 4.69. The number of aromatic nitrogens is 2. The van der Waals surface area contributed by atoms with Gasteiger partial charge < -0.3 is 0 Å². The lowest BCUT2D eigenvalue weighted by Gasteiger charge is -2.11. The highest BCUT2D eigenvalue weighted by atomic mass is 35.5.